The van der Waals surface area contributed by atoms with Crippen LogP contribution >= 0.6 is 0 Å². The third-order valence-corrected chi connectivity index (χ3v) is 3.48. The Balaban J connectivity index is 2.80. The third-order valence-electron chi connectivity index (χ3n) is 2.50. The van der Waals surface area contributed by atoms with Crippen molar-refractivity contribution in [1.29, 1.82) is 0 Å². The van der Waals surface area contributed by atoms with Crippen molar-refractivity contribution in [3.8, 4) is 0 Å². The molecule has 0 aliphatic carbocycles. The fourth-order valence-electron chi connectivity index (χ4n) is 1.46. The molecule has 0 saturated carbocycles. The molecular weight excluding hydrogens is 294 g/mol. The van der Waals surface area contributed by atoms with E-state index in [9.17, 15) is 18.0 Å². The van der Waals surface area contributed by atoms with Crippen LogP contribution in [0.2, 0.25) is 0 Å². The standard InChI is InChI=1S/C14H15NO5S/c1-2-6-12(14(17)18)13(16)15-21(19,20)10-9-11-7-4-3-5-8-11/h2-5,7-10,12H,1,6H2,(H,15,16)(H,17,18)/b10-9+. The molecule has 1 rings (SSSR count). The molecule has 21 heavy (non-hydrogen) atoms. The van der Waals surface area contributed by atoms with Crippen molar-refractivity contribution in [1.82, 2.24) is 4.72 Å². The number of allylic oxidation sites excluding steroid dienone is 1. The fourth-order valence-corrected chi connectivity index (χ4v) is 2.29. The molecule has 0 saturated heterocycles. The van der Waals surface area contributed by atoms with Crippen molar-refractivity contribution in [2.24, 2.45) is 5.92 Å². The van der Waals surface area contributed by atoms with Crippen molar-refractivity contribution in [2.45, 2.75) is 6.42 Å². The maximum absolute atomic E-state index is 11.7. The molecule has 0 spiro atoms. The highest BCUT2D eigenvalue weighted by Gasteiger charge is 2.27. The van der Waals surface area contributed by atoms with Crippen LogP contribution in [0.3, 0.4) is 0 Å². The molecule has 2 N–H and O–H groups in total. The molecule has 1 atom stereocenters. The molecule has 7 heteroatoms. The Labute approximate surface area is 122 Å². The summed E-state index contributed by atoms with van der Waals surface area (Å²) in [5.41, 5.74) is 0.635. The maximum atomic E-state index is 11.7. The molecule has 1 aromatic rings. The first-order chi connectivity index (χ1) is 9.85. The number of rotatable bonds is 7. The van der Waals surface area contributed by atoms with E-state index in [-0.39, 0.29) is 6.42 Å². The number of amides is 1. The van der Waals surface area contributed by atoms with Crippen molar-refractivity contribution >= 4 is 28.0 Å². The largest absolute Gasteiger partial charge is 0.481 e. The van der Waals surface area contributed by atoms with Crippen molar-refractivity contribution in [2.75, 3.05) is 0 Å². The minimum absolute atomic E-state index is 0.154. The monoisotopic (exact) mass is 309 g/mol. The van der Waals surface area contributed by atoms with E-state index in [1.54, 1.807) is 35.1 Å². The number of hydrogen-bond acceptors (Lipinski definition) is 4. The summed E-state index contributed by atoms with van der Waals surface area (Å²) in [6.45, 7) is 3.33. The number of sulfonamides is 1. The number of carboxylic acid groups (broad SMARTS) is 1. The molecule has 0 radical (unpaired) electrons. The summed E-state index contributed by atoms with van der Waals surface area (Å²) in [4.78, 5) is 22.5. The Morgan fingerprint density at radius 3 is 2.43 bits per heavy atom. The molecule has 0 bridgehead atoms. The van der Waals surface area contributed by atoms with Crippen LogP contribution in [-0.4, -0.2) is 25.4 Å². The first kappa shape index (κ1) is 16.6. The smallest absolute Gasteiger partial charge is 0.316 e. The zero-order valence-corrected chi connectivity index (χ0v) is 11.9. The summed E-state index contributed by atoms with van der Waals surface area (Å²) in [6, 6.07) is 8.61. The van der Waals surface area contributed by atoms with E-state index in [2.05, 4.69) is 6.58 Å². The Hall–Kier alpha value is -2.41. The van der Waals surface area contributed by atoms with Gasteiger partial charge in [0, 0.05) is 0 Å². The highest BCUT2D eigenvalue weighted by atomic mass is 32.2. The minimum atomic E-state index is -4.05. The number of nitrogens with one attached hydrogen (secondary N) is 1. The van der Waals surface area contributed by atoms with Crippen molar-refractivity contribution < 1.29 is 23.1 Å². The van der Waals surface area contributed by atoms with Crippen LogP contribution in [0, 0.1) is 5.92 Å². The molecular formula is C14H15NO5S. The van der Waals surface area contributed by atoms with Gasteiger partial charge in [-0.1, -0.05) is 36.4 Å². The van der Waals surface area contributed by atoms with Gasteiger partial charge in [-0.05, 0) is 18.1 Å². The summed E-state index contributed by atoms with van der Waals surface area (Å²) >= 11 is 0. The predicted octanol–water partition coefficient (Wildman–Crippen LogP) is 1.38. The van der Waals surface area contributed by atoms with Crippen LogP contribution in [-0.2, 0) is 19.6 Å². The van der Waals surface area contributed by atoms with Gasteiger partial charge >= 0.3 is 5.97 Å². The number of aliphatic carboxylic acids is 1. The molecule has 1 aromatic carbocycles. The molecule has 6 nitrogen and oxygen atoms in total. The molecule has 0 fully saturated rings. The van der Waals surface area contributed by atoms with Crippen molar-refractivity contribution in [3.63, 3.8) is 0 Å². The molecule has 112 valence electrons. The molecule has 0 aliphatic rings. The van der Waals surface area contributed by atoms with Gasteiger partial charge in [-0.25, -0.2) is 13.1 Å². The van der Waals surface area contributed by atoms with Gasteiger partial charge < -0.3 is 5.11 Å². The lowest BCUT2D eigenvalue weighted by Crippen LogP contribution is -2.37. The van der Waals surface area contributed by atoms with Crippen LogP contribution < -0.4 is 4.72 Å². The summed E-state index contributed by atoms with van der Waals surface area (Å²) in [5.74, 6) is -3.99. The minimum Gasteiger partial charge on any atom is -0.481 e. The van der Waals surface area contributed by atoms with Crippen LogP contribution in [0.25, 0.3) is 6.08 Å². The maximum Gasteiger partial charge on any atom is 0.316 e. The quantitative estimate of drug-likeness (QED) is 0.585. The van der Waals surface area contributed by atoms with Gasteiger partial charge in [-0.15, -0.1) is 6.58 Å². The zero-order chi connectivity index (χ0) is 15.9. The van der Waals surface area contributed by atoms with E-state index in [1.165, 1.54) is 12.2 Å². The Kier molecular flexibility index (Phi) is 5.86. The topological polar surface area (TPSA) is 101 Å². The molecule has 0 aromatic heterocycles. The van der Waals surface area contributed by atoms with E-state index < -0.39 is 27.8 Å². The first-order valence-corrected chi connectivity index (χ1v) is 7.54. The van der Waals surface area contributed by atoms with E-state index in [1.807, 2.05) is 0 Å². The zero-order valence-electron chi connectivity index (χ0n) is 11.1. The van der Waals surface area contributed by atoms with Gasteiger partial charge in [0.1, 0.15) is 5.92 Å². The van der Waals surface area contributed by atoms with Gasteiger partial charge in [-0.2, -0.15) is 0 Å². The lowest BCUT2D eigenvalue weighted by Gasteiger charge is -2.09. The van der Waals surface area contributed by atoms with Gasteiger partial charge in [0.15, 0.2) is 0 Å². The van der Waals surface area contributed by atoms with Crippen LogP contribution in [0.15, 0.2) is 48.4 Å². The van der Waals surface area contributed by atoms with Crippen molar-refractivity contribution in [3.05, 3.63) is 54.0 Å². The van der Waals surface area contributed by atoms with E-state index in [4.69, 9.17) is 5.11 Å². The third kappa shape index (κ3) is 5.62. The Morgan fingerprint density at radius 2 is 1.90 bits per heavy atom. The Morgan fingerprint density at radius 1 is 1.29 bits per heavy atom. The number of hydrogen-bond donors (Lipinski definition) is 2. The second-order valence-corrected chi connectivity index (χ2v) is 5.71. The summed E-state index contributed by atoms with van der Waals surface area (Å²) in [5, 5.41) is 9.67. The Bertz CT molecular complexity index is 649. The number of carbonyl (C=O) groups is 2. The second-order valence-electron chi connectivity index (χ2n) is 4.14. The van der Waals surface area contributed by atoms with Crippen LogP contribution in [0.5, 0.6) is 0 Å². The molecule has 0 heterocycles. The van der Waals surface area contributed by atoms with Crippen LogP contribution in [0.1, 0.15) is 12.0 Å². The molecule has 0 aliphatic heterocycles. The normalized spacial score (nSPS) is 12.8. The summed E-state index contributed by atoms with van der Waals surface area (Å²) in [7, 11) is -4.05. The number of benzene rings is 1. The predicted molar refractivity (Wildman–Crippen MR) is 78.5 cm³/mol. The average Bonchev–Trinajstić information content (AvgIpc) is 2.43. The molecule has 1 unspecified atom stereocenters. The van der Waals surface area contributed by atoms with Gasteiger partial charge in [0.25, 0.3) is 10.0 Å². The molecule has 1 amide bonds. The highest BCUT2D eigenvalue weighted by molar-refractivity contribution is 7.93. The highest BCUT2D eigenvalue weighted by Crippen LogP contribution is 2.07. The SMILES string of the molecule is C=CCC(C(=O)O)C(=O)NS(=O)(=O)/C=C/c1ccccc1. The lowest BCUT2D eigenvalue weighted by atomic mass is 10.1. The number of carbonyl (C=O) groups excluding carboxylic acids is 1. The first-order valence-electron chi connectivity index (χ1n) is 5.99. The summed E-state index contributed by atoms with van der Waals surface area (Å²) in [6.07, 6.45) is 2.39. The lowest BCUT2D eigenvalue weighted by molar-refractivity contribution is -0.146. The van der Waals surface area contributed by atoms with Crippen LogP contribution in [0.4, 0.5) is 0 Å². The van der Waals surface area contributed by atoms with Gasteiger partial charge in [0.2, 0.25) is 5.91 Å². The summed E-state index contributed by atoms with van der Waals surface area (Å²) < 4.78 is 25.1. The number of carboxylic acids is 1. The van der Waals surface area contributed by atoms with E-state index >= 15 is 0 Å². The van der Waals surface area contributed by atoms with E-state index in [0.717, 1.165) is 5.41 Å². The van der Waals surface area contributed by atoms with Gasteiger partial charge in [-0.3, -0.25) is 9.59 Å². The van der Waals surface area contributed by atoms with E-state index in [0.29, 0.717) is 5.56 Å². The second kappa shape index (κ2) is 7.39. The fraction of sp³-hybridized carbons (Fsp3) is 0.143. The van der Waals surface area contributed by atoms with Gasteiger partial charge in [0.05, 0.1) is 5.41 Å². The average molecular weight is 309 g/mol.